The van der Waals surface area contributed by atoms with Crippen molar-refractivity contribution < 1.29 is 21.1 Å². The summed E-state index contributed by atoms with van der Waals surface area (Å²) in [6, 6.07) is 38.4. The first kappa shape index (κ1) is 19.4. The molecule has 0 aliphatic carbocycles. The Morgan fingerprint density at radius 1 is 0.514 bits per heavy atom. The molecule has 0 amide bonds. The van der Waals surface area contributed by atoms with Crippen molar-refractivity contribution in [2.75, 3.05) is 0 Å². The average Bonchev–Trinajstić information content (AvgIpc) is 3.62. The fourth-order valence-corrected chi connectivity index (χ4v) is 6.23. The van der Waals surface area contributed by atoms with E-state index in [-0.39, 0.29) is 21.1 Å². The molecule has 0 N–H and O–H groups in total. The van der Waals surface area contributed by atoms with Gasteiger partial charge in [0.05, 0.1) is 16.6 Å². The second-order valence-corrected chi connectivity index (χ2v) is 9.24. The zero-order valence-corrected chi connectivity index (χ0v) is 21.5. The van der Waals surface area contributed by atoms with Crippen molar-refractivity contribution in [3.05, 3.63) is 109 Å². The minimum absolute atomic E-state index is 0. The van der Waals surface area contributed by atoms with E-state index in [1.54, 1.807) is 0 Å². The number of rotatable bonds is 1. The van der Waals surface area contributed by atoms with E-state index in [2.05, 4.69) is 106 Å². The van der Waals surface area contributed by atoms with Gasteiger partial charge in [0.15, 0.2) is 0 Å². The van der Waals surface area contributed by atoms with Crippen LogP contribution in [-0.2, 0) is 21.1 Å². The summed E-state index contributed by atoms with van der Waals surface area (Å²) in [7, 11) is 0. The molecule has 9 rings (SSSR count). The Balaban J connectivity index is 0.00000196. The van der Waals surface area contributed by atoms with Crippen LogP contribution in [0, 0.1) is 12.3 Å². The molecule has 0 fully saturated rings. The molecule has 0 radical (unpaired) electrons. The van der Waals surface area contributed by atoms with Crippen molar-refractivity contribution in [3.63, 3.8) is 0 Å². The van der Waals surface area contributed by atoms with Crippen LogP contribution in [0.2, 0.25) is 0 Å². The van der Waals surface area contributed by atoms with Crippen LogP contribution >= 0.6 is 0 Å². The molecule has 35 heavy (non-hydrogen) atoms. The molecule has 160 valence electrons. The van der Waals surface area contributed by atoms with Crippen LogP contribution in [0.5, 0.6) is 0 Å². The number of hydrogen-bond acceptors (Lipinski definition) is 0. The van der Waals surface area contributed by atoms with Gasteiger partial charge in [-0.3, -0.25) is 0 Å². The Morgan fingerprint density at radius 2 is 1.17 bits per heavy atom. The summed E-state index contributed by atoms with van der Waals surface area (Å²) in [5, 5.41) is 9.02. The predicted octanol–water partition coefficient (Wildman–Crippen LogP) is 8.10. The Hall–Kier alpha value is -3.87. The third-order valence-corrected chi connectivity index (χ3v) is 7.60. The van der Waals surface area contributed by atoms with Gasteiger partial charge >= 0.3 is 21.1 Å². The van der Waals surface area contributed by atoms with Gasteiger partial charge in [-0.2, -0.15) is 29.8 Å². The van der Waals surface area contributed by atoms with E-state index in [4.69, 9.17) is 0 Å². The number of aromatic nitrogens is 2. The molecule has 0 spiro atoms. The molecular weight excluding hydrogens is 596 g/mol. The van der Waals surface area contributed by atoms with E-state index in [1.165, 1.54) is 65.3 Å². The van der Waals surface area contributed by atoms with E-state index < -0.39 is 0 Å². The number of nitrogens with zero attached hydrogens (tertiary/aromatic N) is 2. The molecule has 0 unspecified atom stereocenters. The molecule has 5 aromatic carbocycles. The van der Waals surface area contributed by atoms with Crippen molar-refractivity contribution >= 4 is 65.3 Å². The van der Waals surface area contributed by atoms with Crippen LogP contribution in [0.1, 0.15) is 0 Å². The predicted molar refractivity (Wildman–Crippen MR) is 141 cm³/mol. The quantitative estimate of drug-likeness (QED) is 0.166. The van der Waals surface area contributed by atoms with Crippen LogP contribution in [0.4, 0.5) is 0 Å². The maximum Gasteiger partial charge on any atom is 2.00 e. The smallest absolute Gasteiger partial charge is 0.425 e. The Labute approximate surface area is 214 Å². The Bertz CT molecular complexity index is 2220. The fraction of sp³-hybridized carbons (Fsp3) is 0. The first-order valence-electron chi connectivity index (χ1n) is 11.6. The van der Waals surface area contributed by atoms with E-state index in [1.807, 2.05) is 12.1 Å². The van der Waals surface area contributed by atoms with Gasteiger partial charge in [-0.25, -0.2) is 5.56 Å². The zero-order chi connectivity index (χ0) is 22.0. The van der Waals surface area contributed by atoms with Crippen molar-refractivity contribution in [2.45, 2.75) is 0 Å². The van der Waals surface area contributed by atoms with Crippen LogP contribution in [0.25, 0.3) is 76.4 Å². The molecule has 3 heteroatoms. The summed E-state index contributed by atoms with van der Waals surface area (Å²) in [4.78, 5) is 0. The molecule has 9 aromatic rings. The van der Waals surface area contributed by atoms with Gasteiger partial charge in [0.25, 0.3) is 0 Å². The fourth-order valence-electron chi connectivity index (χ4n) is 6.23. The molecule has 4 heterocycles. The summed E-state index contributed by atoms with van der Waals surface area (Å²) in [5.74, 6) is 0. The van der Waals surface area contributed by atoms with Crippen molar-refractivity contribution in [3.8, 4) is 11.1 Å². The van der Waals surface area contributed by atoms with E-state index >= 15 is 0 Å². The Kier molecular flexibility index (Phi) is 3.68. The first-order chi connectivity index (χ1) is 16.9. The summed E-state index contributed by atoms with van der Waals surface area (Å²) in [5.41, 5.74) is 8.50. The average molecular weight is 612 g/mol. The van der Waals surface area contributed by atoms with Gasteiger partial charge in [0.1, 0.15) is 0 Å². The maximum atomic E-state index is 3.70. The number of fused-ring (bicyclic) bond motifs is 9. The molecule has 4 aromatic heterocycles. The van der Waals surface area contributed by atoms with Crippen molar-refractivity contribution in [2.24, 2.45) is 0 Å². The summed E-state index contributed by atoms with van der Waals surface area (Å²) in [6.07, 6.45) is 3.70. The summed E-state index contributed by atoms with van der Waals surface area (Å²) >= 11 is 0. The number of benzene rings is 5. The van der Waals surface area contributed by atoms with E-state index in [0.717, 1.165) is 11.1 Å². The standard InChI is InChI=1S/C32H16N2.W/c1-2-8-19(9-3-1)27-18-33-29-16-26-23-13-6-11-21-20-10-4-5-15-28(20)34(32(21)23)30(26)17-25(29)22-12-7-14-24(27)31(22)33;/h1-8,10-17H;/q-2;+2. The molecule has 0 aliphatic heterocycles. The molecule has 0 atom stereocenters. The van der Waals surface area contributed by atoms with Gasteiger partial charge in [0, 0.05) is 21.5 Å². The van der Waals surface area contributed by atoms with E-state index in [0.29, 0.717) is 0 Å². The number of para-hydroxylation sites is 3. The third kappa shape index (κ3) is 2.24. The maximum absolute atomic E-state index is 3.70. The zero-order valence-electron chi connectivity index (χ0n) is 18.5. The number of hydrogen-bond donors (Lipinski definition) is 0. The molecule has 0 saturated heterocycles. The normalized spacial score (nSPS) is 12.3. The summed E-state index contributed by atoms with van der Waals surface area (Å²) < 4.78 is 4.72. The summed E-state index contributed by atoms with van der Waals surface area (Å²) in [6.45, 7) is 0. The van der Waals surface area contributed by atoms with Gasteiger partial charge < -0.3 is 8.80 Å². The largest absolute Gasteiger partial charge is 2.00 e. The van der Waals surface area contributed by atoms with Crippen molar-refractivity contribution in [1.82, 2.24) is 8.80 Å². The molecular formula is C32H16N2W. The minimum atomic E-state index is 0. The molecule has 0 saturated carbocycles. The van der Waals surface area contributed by atoms with Crippen LogP contribution in [-0.4, -0.2) is 8.80 Å². The second-order valence-electron chi connectivity index (χ2n) is 9.24. The van der Waals surface area contributed by atoms with Gasteiger partial charge in [0.2, 0.25) is 0 Å². The minimum Gasteiger partial charge on any atom is -0.425 e. The van der Waals surface area contributed by atoms with Gasteiger partial charge in [-0.15, -0.1) is 17.5 Å². The van der Waals surface area contributed by atoms with Crippen LogP contribution in [0.15, 0.2) is 97.1 Å². The van der Waals surface area contributed by atoms with E-state index in [9.17, 15) is 0 Å². The second kappa shape index (κ2) is 6.62. The van der Waals surface area contributed by atoms with Gasteiger partial charge in [-0.1, -0.05) is 60.8 Å². The van der Waals surface area contributed by atoms with Crippen molar-refractivity contribution in [1.29, 1.82) is 0 Å². The molecule has 0 bridgehead atoms. The monoisotopic (exact) mass is 612 g/mol. The topological polar surface area (TPSA) is 8.82 Å². The van der Waals surface area contributed by atoms with Crippen LogP contribution in [0.3, 0.4) is 0 Å². The molecule has 0 aliphatic rings. The van der Waals surface area contributed by atoms with Crippen LogP contribution < -0.4 is 0 Å². The Morgan fingerprint density at radius 3 is 2.00 bits per heavy atom. The molecule has 2 nitrogen and oxygen atoms in total. The first-order valence-corrected chi connectivity index (χ1v) is 11.6. The van der Waals surface area contributed by atoms with Gasteiger partial charge in [-0.05, 0) is 33.9 Å². The third-order valence-electron chi connectivity index (χ3n) is 7.60. The SMILES string of the molecule is [W+2].[c-]1ccccc1-c1[c-]n2c3cc4c5cccc6c7ccccc7n(c4cc3c3cccc1c32)c65.